The van der Waals surface area contributed by atoms with Crippen molar-refractivity contribution in [3.05, 3.63) is 65.7 Å². The summed E-state index contributed by atoms with van der Waals surface area (Å²) in [5, 5.41) is 0. The third-order valence-electron chi connectivity index (χ3n) is 4.54. The van der Waals surface area contributed by atoms with E-state index in [0.29, 0.717) is 26.0 Å². The molecule has 2 atom stereocenters. The number of ether oxygens (including phenoxy) is 1. The molecular weight excluding hydrogens is 300 g/mol. The number of benzene rings is 2. The fourth-order valence-corrected chi connectivity index (χ4v) is 3.18. The van der Waals surface area contributed by atoms with Crippen LogP contribution in [0.4, 0.5) is 5.69 Å². The SMILES string of the molecule is C[C@@H]1CN(C(=O)CCc2ccccc2N)[C@@H](c2ccccc2)CO1. The molecule has 0 bridgehead atoms. The number of nitrogen functional groups attached to an aromatic ring is 1. The Morgan fingerprint density at radius 3 is 2.62 bits per heavy atom. The summed E-state index contributed by atoms with van der Waals surface area (Å²) in [6.45, 7) is 3.18. The summed E-state index contributed by atoms with van der Waals surface area (Å²) in [4.78, 5) is 14.8. The number of anilines is 1. The maximum Gasteiger partial charge on any atom is 0.223 e. The summed E-state index contributed by atoms with van der Waals surface area (Å²) in [6.07, 6.45) is 1.19. The Balaban J connectivity index is 1.71. The Kier molecular flexibility index (Phi) is 5.16. The molecule has 2 aromatic carbocycles. The van der Waals surface area contributed by atoms with Gasteiger partial charge in [-0.05, 0) is 30.5 Å². The molecule has 24 heavy (non-hydrogen) atoms. The van der Waals surface area contributed by atoms with Gasteiger partial charge in [-0.2, -0.15) is 0 Å². The summed E-state index contributed by atoms with van der Waals surface area (Å²) in [5.41, 5.74) is 8.88. The molecule has 1 aliphatic heterocycles. The average molecular weight is 324 g/mol. The Labute approximate surface area is 143 Å². The number of nitrogens with zero attached hydrogens (tertiary/aromatic N) is 1. The summed E-state index contributed by atoms with van der Waals surface area (Å²) >= 11 is 0. The van der Waals surface area contributed by atoms with Gasteiger partial charge in [0.15, 0.2) is 0 Å². The van der Waals surface area contributed by atoms with Gasteiger partial charge in [-0.15, -0.1) is 0 Å². The zero-order chi connectivity index (χ0) is 16.9. The largest absolute Gasteiger partial charge is 0.399 e. The summed E-state index contributed by atoms with van der Waals surface area (Å²) in [6, 6.07) is 17.8. The van der Waals surface area contributed by atoms with Crippen molar-refractivity contribution in [3.63, 3.8) is 0 Å². The monoisotopic (exact) mass is 324 g/mol. The minimum atomic E-state index is -0.0111. The maximum atomic E-state index is 12.8. The van der Waals surface area contributed by atoms with E-state index >= 15 is 0 Å². The van der Waals surface area contributed by atoms with Crippen LogP contribution in [0.5, 0.6) is 0 Å². The highest BCUT2D eigenvalue weighted by atomic mass is 16.5. The molecular formula is C20H24N2O2. The molecule has 4 nitrogen and oxygen atoms in total. The first-order valence-corrected chi connectivity index (χ1v) is 8.44. The molecule has 1 heterocycles. The first-order valence-electron chi connectivity index (χ1n) is 8.44. The average Bonchev–Trinajstić information content (AvgIpc) is 2.61. The molecule has 0 spiro atoms. The lowest BCUT2D eigenvalue weighted by Gasteiger charge is -2.39. The van der Waals surface area contributed by atoms with E-state index in [4.69, 9.17) is 10.5 Å². The second kappa shape index (κ2) is 7.49. The molecule has 3 rings (SSSR count). The van der Waals surface area contributed by atoms with Crippen LogP contribution in [0.25, 0.3) is 0 Å². The zero-order valence-electron chi connectivity index (χ0n) is 14.0. The van der Waals surface area contributed by atoms with E-state index in [9.17, 15) is 4.79 Å². The molecule has 2 N–H and O–H groups in total. The molecule has 0 radical (unpaired) electrons. The lowest BCUT2D eigenvalue weighted by atomic mass is 10.0. The first-order chi connectivity index (χ1) is 11.6. The minimum Gasteiger partial charge on any atom is -0.399 e. The molecule has 1 saturated heterocycles. The molecule has 1 aliphatic rings. The van der Waals surface area contributed by atoms with E-state index in [1.54, 1.807) is 0 Å². The summed E-state index contributed by atoms with van der Waals surface area (Å²) < 4.78 is 5.79. The van der Waals surface area contributed by atoms with Crippen molar-refractivity contribution < 1.29 is 9.53 Å². The van der Waals surface area contributed by atoms with Crippen molar-refractivity contribution >= 4 is 11.6 Å². The fourth-order valence-electron chi connectivity index (χ4n) is 3.18. The number of nitrogens with two attached hydrogens (primary N) is 1. The molecule has 0 saturated carbocycles. The van der Waals surface area contributed by atoms with Gasteiger partial charge in [0, 0.05) is 18.7 Å². The van der Waals surface area contributed by atoms with Gasteiger partial charge in [0.25, 0.3) is 0 Å². The molecule has 1 fully saturated rings. The molecule has 1 amide bonds. The molecule has 0 aromatic heterocycles. The van der Waals surface area contributed by atoms with Crippen LogP contribution in [0, 0.1) is 0 Å². The van der Waals surface area contributed by atoms with Gasteiger partial charge in [0.05, 0.1) is 18.8 Å². The van der Waals surface area contributed by atoms with E-state index in [0.717, 1.165) is 16.8 Å². The highest BCUT2D eigenvalue weighted by Gasteiger charge is 2.31. The van der Waals surface area contributed by atoms with Gasteiger partial charge < -0.3 is 15.4 Å². The topological polar surface area (TPSA) is 55.6 Å². The number of para-hydroxylation sites is 1. The van der Waals surface area contributed by atoms with Crippen LogP contribution in [-0.2, 0) is 16.0 Å². The van der Waals surface area contributed by atoms with Crippen LogP contribution in [-0.4, -0.2) is 30.1 Å². The van der Waals surface area contributed by atoms with Crippen molar-refractivity contribution in [2.24, 2.45) is 0 Å². The molecule has 0 aliphatic carbocycles. The van der Waals surface area contributed by atoms with Crippen molar-refractivity contribution in [2.75, 3.05) is 18.9 Å². The third-order valence-corrected chi connectivity index (χ3v) is 4.54. The van der Waals surface area contributed by atoms with Gasteiger partial charge in [-0.25, -0.2) is 0 Å². The number of amides is 1. The first kappa shape index (κ1) is 16.5. The van der Waals surface area contributed by atoms with Crippen LogP contribution in [0.1, 0.15) is 30.5 Å². The second-order valence-electron chi connectivity index (χ2n) is 6.32. The molecule has 126 valence electrons. The van der Waals surface area contributed by atoms with E-state index in [1.807, 2.05) is 54.3 Å². The smallest absolute Gasteiger partial charge is 0.223 e. The van der Waals surface area contributed by atoms with Crippen molar-refractivity contribution in [3.8, 4) is 0 Å². The Bertz CT molecular complexity index is 687. The number of carbonyl (C=O) groups excluding carboxylic acids is 1. The van der Waals surface area contributed by atoms with E-state index in [1.165, 1.54) is 0 Å². The number of carbonyl (C=O) groups is 1. The van der Waals surface area contributed by atoms with Crippen molar-refractivity contribution in [1.29, 1.82) is 0 Å². The Hall–Kier alpha value is -2.33. The predicted octanol–water partition coefficient (Wildman–Crippen LogP) is 3.19. The lowest BCUT2D eigenvalue weighted by molar-refractivity contribution is -0.144. The van der Waals surface area contributed by atoms with E-state index in [-0.39, 0.29) is 18.1 Å². The highest BCUT2D eigenvalue weighted by molar-refractivity contribution is 5.77. The maximum absolute atomic E-state index is 12.8. The van der Waals surface area contributed by atoms with Gasteiger partial charge in [0.2, 0.25) is 5.91 Å². The summed E-state index contributed by atoms with van der Waals surface area (Å²) in [7, 11) is 0. The molecule has 4 heteroatoms. The van der Waals surface area contributed by atoms with Crippen LogP contribution in [0.15, 0.2) is 54.6 Å². The van der Waals surface area contributed by atoms with Gasteiger partial charge >= 0.3 is 0 Å². The van der Waals surface area contributed by atoms with Crippen LogP contribution >= 0.6 is 0 Å². The number of hydrogen-bond acceptors (Lipinski definition) is 3. The van der Waals surface area contributed by atoms with Gasteiger partial charge in [0.1, 0.15) is 0 Å². The van der Waals surface area contributed by atoms with Gasteiger partial charge in [-0.3, -0.25) is 4.79 Å². The Morgan fingerprint density at radius 1 is 1.17 bits per heavy atom. The second-order valence-corrected chi connectivity index (χ2v) is 6.32. The van der Waals surface area contributed by atoms with E-state index < -0.39 is 0 Å². The standard InChI is InChI=1S/C20H24N2O2/c1-15-13-22(19(14-24-15)17-8-3-2-4-9-17)20(23)12-11-16-7-5-6-10-18(16)21/h2-10,15,19H,11-14,21H2,1H3/t15-,19-/m1/s1. The number of hydrogen-bond donors (Lipinski definition) is 1. The van der Waals surface area contributed by atoms with Crippen molar-refractivity contribution in [1.82, 2.24) is 4.90 Å². The van der Waals surface area contributed by atoms with Gasteiger partial charge in [-0.1, -0.05) is 48.5 Å². The normalized spacial score (nSPS) is 20.8. The molecule has 0 unspecified atom stereocenters. The number of morpholine rings is 1. The van der Waals surface area contributed by atoms with E-state index in [2.05, 4.69) is 12.1 Å². The number of rotatable bonds is 4. The minimum absolute atomic E-state index is 0.0111. The highest BCUT2D eigenvalue weighted by Crippen LogP contribution is 2.27. The molecule has 2 aromatic rings. The quantitative estimate of drug-likeness (QED) is 0.879. The zero-order valence-corrected chi connectivity index (χ0v) is 14.0. The Morgan fingerprint density at radius 2 is 1.88 bits per heavy atom. The van der Waals surface area contributed by atoms with Crippen LogP contribution in [0.2, 0.25) is 0 Å². The van der Waals surface area contributed by atoms with Crippen LogP contribution < -0.4 is 5.73 Å². The lowest BCUT2D eigenvalue weighted by Crippen LogP contribution is -2.46. The third kappa shape index (κ3) is 3.77. The number of aryl methyl sites for hydroxylation is 1. The summed E-state index contributed by atoms with van der Waals surface area (Å²) in [5.74, 6) is 0.155. The predicted molar refractivity (Wildman–Crippen MR) is 95.5 cm³/mol. The van der Waals surface area contributed by atoms with Crippen LogP contribution in [0.3, 0.4) is 0 Å². The fraction of sp³-hybridized carbons (Fsp3) is 0.350. The van der Waals surface area contributed by atoms with Crippen molar-refractivity contribution in [2.45, 2.75) is 31.9 Å².